The molecule has 0 aliphatic carbocycles. The van der Waals surface area contributed by atoms with Gasteiger partial charge in [-0.15, -0.1) is 0 Å². The van der Waals surface area contributed by atoms with Crippen molar-refractivity contribution in [3.8, 4) is 0 Å². The average Bonchev–Trinajstić information content (AvgIpc) is 2.65. The van der Waals surface area contributed by atoms with Gasteiger partial charge in [-0.2, -0.15) is 0 Å². The molecule has 1 N–H and O–H groups in total. The lowest BCUT2D eigenvalue weighted by atomic mass is 10.1. The molecule has 0 unspecified atom stereocenters. The van der Waals surface area contributed by atoms with E-state index in [1.165, 1.54) is 39.4 Å². The zero-order valence-electron chi connectivity index (χ0n) is 15.0. The molecule has 0 atom stereocenters. The van der Waals surface area contributed by atoms with E-state index in [1.54, 1.807) is 24.3 Å². The van der Waals surface area contributed by atoms with Gasteiger partial charge in [0.05, 0.1) is 17.6 Å². The van der Waals surface area contributed by atoms with E-state index in [0.717, 1.165) is 9.87 Å². The van der Waals surface area contributed by atoms with E-state index in [9.17, 15) is 18.0 Å². The van der Waals surface area contributed by atoms with Gasteiger partial charge in [-0.1, -0.05) is 12.1 Å². The normalized spacial score (nSPS) is 11.3. The standard InChI is InChI=1S/C18H19BrN2O5S/c1-21(2)27(24,25)16-10-14(8-9-15(16)19)17(22)20-11-12-4-6-13(7-5-12)18(23)26-3/h4-10H,11H2,1-3H3,(H,20,22). The molecular weight excluding hydrogens is 436 g/mol. The third-order valence-corrected chi connectivity index (χ3v) is 6.59. The predicted octanol–water partition coefficient (Wildman–Crippen LogP) is 2.42. The van der Waals surface area contributed by atoms with Crippen LogP contribution in [-0.4, -0.2) is 45.8 Å². The van der Waals surface area contributed by atoms with Gasteiger partial charge in [-0.25, -0.2) is 17.5 Å². The van der Waals surface area contributed by atoms with Gasteiger partial charge in [0.2, 0.25) is 10.0 Å². The van der Waals surface area contributed by atoms with Gasteiger partial charge in [0.1, 0.15) is 0 Å². The first-order chi connectivity index (χ1) is 12.7. The number of rotatable bonds is 6. The number of nitrogens with zero attached hydrogens (tertiary/aromatic N) is 1. The second-order valence-corrected chi connectivity index (χ2v) is 8.78. The number of benzene rings is 2. The Balaban J connectivity index is 2.14. The van der Waals surface area contributed by atoms with Crippen molar-refractivity contribution in [2.24, 2.45) is 0 Å². The SMILES string of the molecule is COC(=O)c1ccc(CNC(=O)c2ccc(Br)c(S(=O)(=O)N(C)C)c2)cc1. The van der Waals surface area contributed by atoms with Crippen molar-refractivity contribution in [3.63, 3.8) is 0 Å². The zero-order valence-corrected chi connectivity index (χ0v) is 17.4. The van der Waals surface area contributed by atoms with Gasteiger partial charge in [-0.3, -0.25) is 4.79 Å². The molecule has 0 saturated carbocycles. The molecular formula is C18H19BrN2O5S. The first-order valence-electron chi connectivity index (χ1n) is 7.84. The number of halogens is 1. The molecule has 2 aromatic carbocycles. The number of sulfonamides is 1. The van der Waals surface area contributed by atoms with Crippen LogP contribution in [-0.2, 0) is 21.3 Å². The van der Waals surface area contributed by atoms with Crippen LogP contribution in [0.5, 0.6) is 0 Å². The topological polar surface area (TPSA) is 92.8 Å². The highest BCUT2D eigenvalue weighted by atomic mass is 79.9. The minimum Gasteiger partial charge on any atom is -0.465 e. The Labute approximate surface area is 166 Å². The summed E-state index contributed by atoms with van der Waals surface area (Å²) in [5.74, 6) is -0.843. The summed E-state index contributed by atoms with van der Waals surface area (Å²) in [6, 6.07) is 11.0. The number of carbonyl (C=O) groups excluding carboxylic acids is 2. The lowest BCUT2D eigenvalue weighted by Crippen LogP contribution is -2.25. The molecule has 1 amide bonds. The number of methoxy groups -OCH3 is 1. The van der Waals surface area contributed by atoms with E-state index in [4.69, 9.17) is 0 Å². The third kappa shape index (κ3) is 4.94. The molecule has 0 aliphatic heterocycles. The Morgan fingerprint density at radius 1 is 1.07 bits per heavy atom. The van der Waals surface area contributed by atoms with Crippen LogP contribution in [0.3, 0.4) is 0 Å². The molecule has 9 heteroatoms. The third-order valence-electron chi connectivity index (χ3n) is 3.78. The van der Waals surface area contributed by atoms with Crippen molar-refractivity contribution in [3.05, 3.63) is 63.6 Å². The average molecular weight is 455 g/mol. The number of carbonyl (C=O) groups is 2. The fraction of sp³-hybridized carbons (Fsp3) is 0.222. The molecule has 0 aliphatic rings. The fourth-order valence-corrected chi connectivity index (χ4v) is 4.04. The summed E-state index contributed by atoms with van der Waals surface area (Å²) in [7, 11) is 0.468. The summed E-state index contributed by atoms with van der Waals surface area (Å²) in [6.45, 7) is 0.228. The summed E-state index contributed by atoms with van der Waals surface area (Å²) in [5.41, 5.74) is 1.43. The van der Waals surface area contributed by atoms with Gasteiger partial charge in [-0.05, 0) is 51.8 Å². The highest BCUT2D eigenvalue weighted by molar-refractivity contribution is 9.10. The van der Waals surface area contributed by atoms with E-state index in [-0.39, 0.29) is 17.0 Å². The van der Waals surface area contributed by atoms with Gasteiger partial charge < -0.3 is 10.1 Å². The Hall–Kier alpha value is -2.23. The molecule has 27 heavy (non-hydrogen) atoms. The van der Waals surface area contributed by atoms with Crippen LogP contribution in [0.4, 0.5) is 0 Å². The van der Waals surface area contributed by atoms with Crippen LogP contribution >= 0.6 is 15.9 Å². The first kappa shape index (κ1) is 21.1. The quantitative estimate of drug-likeness (QED) is 0.676. The largest absolute Gasteiger partial charge is 0.465 e. The van der Waals surface area contributed by atoms with Crippen LogP contribution in [0.2, 0.25) is 0 Å². The molecule has 0 heterocycles. The first-order valence-corrected chi connectivity index (χ1v) is 10.1. The minimum absolute atomic E-state index is 0.0163. The number of nitrogens with one attached hydrogen (secondary N) is 1. The van der Waals surface area contributed by atoms with Crippen LogP contribution in [0.25, 0.3) is 0 Å². The molecule has 0 saturated heterocycles. The van der Waals surface area contributed by atoms with Crippen molar-refractivity contribution in [1.29, 1.82) is 0 Å². The Bertz CT molecular complexity index is 956. The summed E-state index contributed by atoms with van der Waals surface area (Å²) in [4.78, 5) is 23.8. The van der Waals surface area contributed by atoms with Crippen LogP contribution < -0.4 is 5.32 Å². The molecule has 0 spiro atoms. The molecule has 2 aromatic rings. The monoisotopic (exact) mass is 454 g/mol. The van der Waals surface area contributed by atoms with Gasteiger partial charge in [0, 0.05) is 30.7 Å². The lowest BCUT2D eigenvalue weighted by Gasteiger charge is -2.14. The highest BCUT2D eigenvalue weighted by Gasteiger charge is 2.22. The molecule has 2 rings (SSSR count). The second-order valence-electron chi connectivity index (χ2n) is 5.80. The maximum atomic E-state index is 12.4. The van der Waals surface area contributed by atoms with Gasteiger partial charge in [0.15, 0.2) is 0 Å². The molecule has 0 radical (unpaired) electrons. The summed E-state index contributed by atoms with van der Waals surface area (Å²) >= 11 is 3.21. The molecule has 7 nitrogen and oxygen atoms in total. The van der Waals surface area contributed by atoms with Crippen LogP contribution in [0.1, 0.15) is 26.3 Å². The summed E-state index contributed by atoms with van der Waals surface area (Å²) < 4.78 is 30.8. The van der Waals surface area contributed by atoms with E-state index in [1.807, 2.05) is 0 Å². The predicted molar refractivity (Wildman–Crippen MR) is 104 cm³/mol. The molecule has 0 aromatic heterocycles. The molecule has 0 fully saturated rings. The summed E-state index contributed by atoms with van der Waals surface area (Å²) in [6.07, 6.45) is 0. The van der Waals surface area contributed by atoms with Crippen molar-refractivity contribution in [2.75, 3.05) is 21.2 Å². The van der Waals surface area contributed by atoms with E-state index in [0.29, 0.717) is 10.0 Å². The van der Waals surface area contributed by atoms with E-state index in [2.05, 4.69) is 26.0 Å². The van der Waals surface area contributed by atoms with Crippen LogP contribution in [0, 0.1) is 0 Å². The Kier molecular flexibility index (Phi) is 6.74. The highest BCUT2D eigenvalue weighted by Crippen LogP contribution is 2.25. The maximum Gasteiger partial charge on any atom is 0.337 e. The van der Waals surface area contributed by atoms with Gasteiger partial charge >= 0.3 is 5.97 Å². The summed E-state index contributed by atoms with van der Waals surface area (Å²) in [5, 5.41) is 2.73. The Morgan fingerprint density at radius 2 is 1.67 bits per heavy atom. The number of ether oxygens (including phenoxy) is 1. The van der Waals surface area contributed by atoms with Crippen molar-refractivity contribution in [1.82, 2.24) is 9.62 Å². The molecule has 144 valence electrons. The smallest absolute Gasteiger partial charge is 0.337 e. The minimum atomic E-state index is -3.68. The van der Waals surface area contributed by atoms with E-state index < -0.39 is 21.9 Å². The number of amides is 1. The van der Waals surface area contributed by atoms with Crippen molar-refractivity contribution in [2.45, 2.75) is 11.4 Å². The lowest BCUT2D eigenvalue weighted by molar-refractivity contribution is 0.0600. The molecule has 0 bridgehead atoms. The number of esters is 1. The fourth-order valence-electron chi connectivity index (χ4n) is 2.20. The van der Waals surface area contributed by atoms with E-state index >= 15 is 0 Å². The van der Waals surface area contributed by atoms with Crippen molar-refractivity contribution >= 4 is 37.8 Å². The number of hydrogen-bond acceptors (Lipinski definition) is 5. The maximum absolute atomic E-state index is 12.4. The zero-order chi connectivity index (χ0) is 20.2. The Morgan fingerprint density at radius 3 is 2.22 bits per heavy atom. The second kappa shape index (κ2) is 8.64. The number of hydrogen-bond donors (Lipinski definition) is 1. The van der Waals surface area contributed by atoms with Crippen LogP contribution in [0.15, 0.2) is 51.8 Å². The van der Waals surface area contributed by atoms with Crippen molar-refractivity contribution < 1.29 is 22.7 Å². The van der Waals surface area contributed by atoms with Gasteiger partial charge in [0.25, 0.3) is 5.91 Å².